The van der Waals surface area contributed by atoms with Gasteiger partial charge in [0.05, 0.1) is 15.5 Å². The van der Waals surface area contributed by atoms with E-state index in [1.165, 1.54) is 12.1 Å². The Hall–Kier alpha value is -2.93. The lowest BCUT2D eigenvalue weighted by atomic mass is 10.1. The van der Waals surface area contributed by atoms with Gasteiger partial charge >= 0.3 is 0 Å². The van der Waals surface area contributed by atoms with Crippen LogP contribution in [0.15, 0.2) is 36.4 Å². The molecule has 4 rings (SSSR count). The Kier molecular flexibility index (Phi) is 5.24. The van der Waals surface area contributed by atoms with Gasteiger partial charge in [-0.25, -0.2) is 0 Å². The van der Waals surface area contributed by atoms with Crippen molar-refractivity contribution in [1.82, 2.24) is 0 Å². The number of hydrogen-bond acceptors (Lipinski definition) is 4. The predicted octanol–water partition coefficient (Wildman–Crippen LogP) is 4.58. The van der Waals surface area contributed by atoms with E-state index in [0.717, 1.165) is 49.4 Å². The molecule has 0 saturated heterocycles. The largest absolute Gasteiger partial charge is 0.322 e. The lowest BCUT2D eigenvalue weighted by molar-refractivity contribution is -0.384. The van der Waals surface area contributed by atoms with Gasteiger partial charge in [-0.3, -0.25) is 19.7 Å². The van der Waals surface area contributed by atoms with Gasteiger partial charge in [0.15, 0.2) is 0 Å². The highest BCUT2D eigenvalue weighted by Gasteiger charge is 2.31. The molecule has 0 spiro atoms. The van der Waals surface area contributed by atoms with Gasteiger partial charge < -0.3 is 10.2 Å². The van der Waals surface area contributed by atoms with Crippen LogP contribution in [0.3, 0.4) is 0 Å². The van der Waals surface area contributed by atoms with Gasteiger partial charge in [-0.05, 0) is 49.1 Å². The minimum atomic E-state index is -0.563. The quantitative estimate of drug-likeness (QED) is 0.586. The molecule has 0 radical (unpaired) electrons. The molecule has 0 bridgehead atoms. The number of carbonyl (C=O) groups excluding carboxylic acids is 2. The van der Waals surface area contributed by atoms with E-state index < -0.39 is 10.8 Å². The average Bonchev–Trinajstić information content (AvgIpc) is 3.37. The number of hydrogen-bond donors (Lipinski definition) is 1. The summed E-state index contributed by atoms with van der Waals surface area (Å²) in [6, 6.07) is 9.24. The first-order chi connectivity index (χ1) is 13.9. The van der Waals surface area contributed by atoms with Crippen LogP contribution in [0.2, 0.25) is 5.02 Å². The highest BCUT2D eigenvalue weighted by molar-refractivity contribution is 6.34. The smallest absolute Gasteiger partial charge is 0.270 e. The number of fused-ring (bicyclic) bond motifs is 1. The molecule has 1 aliphatic carbocycles. The van der Waals surface area contributed by atoms with Crippen molar-refractivity contribution in [3.63, 3.8) is 0 Å². The van der Waals surface area contributed by atoms with Gasteiger partial charge in [-0.1, -0.05) is 24.4 Å². The molecule has 7 nitrogen and oxygen atoms in total. The van der Waals surface area contributed by atoms with Crippen molar-refractivity contribution >= 4 is 40.5 Å². The molecule has 1 heterocycles. The molecule has 29 heavy (non-hydrogen) atoms. The standard InChI is InChI=1S/C21H20ClN3O4/c22-18-12-16(25(28)29)6-7-17(18)20(26)23-15-5-8-19-14(11-15)9-10-24(19)21(27)13-3-1-2-4-13/h5-8,11-13H,1-4,9-10H2,(H,23,26). The Balaban J connectivity index is 1.49. The average molecular weight is 414 g/mol. The van der Waals surface area contributed by atoms with Crippen molar-refractivity contribution in [3.8, 4) is 0 Å². The Morgan fingerprint density at radius 1 is 1.14 bits per heavy atom. The van der Waals surface area contributed by atoms with Crippen LogP contribution in [0.1, 0.15) is 41.6 Å². The van der Waals surface area contributed by atoms with Crippen molar-refractivity contribution in [3.05, 3.63) is 62.7 Å². The lowest BCUT2D eigenvalue weighted by Crippen LogP contribution is -2.33. The predicted molar refractivity (Wildman–Crippen MR) is 111 cm³/mol. The Morgan fingerprint density at radius 2 is 1.90 bits per heavy atom. The normalized spacial score (nSPS) is 16.0. The molecular formula is C21H20ClN3O4. The Morgan fingerprint density at radius 3 is 2.59 bits per heavy atom. The van der Waals surface area contributed by atoms with E-state index in [-0.39, 0.29) is 28.1 Å². The molecule has 150 valence electrons. The number of nitro groups is 1. The van der Waals surface area contributed by atoms with Crippen molar-refractivity contribution in [2.45, 2.75) is 32.1 Å². The van der Waals surface area contributed by atoms with Crippen molar-refractivity contribution < 1.29 is 14.5 Å². The molecule has 1 N–H and O–H groups in total. The summed E-state index contributed by atoms with van der Waals surface area (Å²) < 4.78 is 0. The molecule has 8 heteroatoms. The number of carbonyl (C=O) groups is 2. The van der Waals surface area contributed by atoms with Gasteiger partial charge in [-0.15, -0.1) is 0 Å². The summed E-state index contributed by atoms with van der Waals surface area (Å²) in [6.07, 6.45) is 4.92. The molecule has 2 aliphatic rings. The van der Waals surface area contributed by atoms with E-state index in [1.54, 1.807) is 6.07 Å². The monoisotopic (exact) mass is 413 g/mol. The third-order valence-electron chi connectivity index (χ3n) is 5.61. The second kappa shape index (κ2) is 7.83. The van der Waals surface area contributed by atoms with Crippen LogP contribution in [0, 0.1) is 16.0 Å². The maximum atomic E-state index is 12.8. The topological polar surface area (TPSA) is 92.6 Å². The van der Waals surface area contributed by atoms with Gasteiger partial charge in [0.2, 0.25) is 5.91 Å². The fourth-order valence-corrected chi connectivity index (χ4v) is 4.36. The molecule has 2 aromatic carbocycles. The van der Waals surface area contributed by atoms with Crippen molar-refractivity contribution in [2.24, 2.45) is 5.92 Å². The van der Waals surface area contributed by atoms with Gasteiger partial charge in [0.1, 0.15) is 0 Å². The zero-order valence-electron chi connectivity index (χ0n) is 15.7. The molecular weight excluding hydrogens is 394 g/mol. The highest BCUT2D eigenvalue weighted by atomic mass is 35.5. The van der Waals surface area contributed by atoms with E-state index >= 15 is 0 Å². The van der Waals surface area contributed by atoms with E-state index in [9.17, 15) is 19.7 Å². The number of nitrogens with one attached hydrogen (secondary N) is 1. The second-order valence-corrected chi connectivity index (χ2v) is 7.85. The molecule has 2 aromatic rings. The first-order valence-electron chi connectivity index (χ1n) is 9.63. The zero-order valence-corrected chi connectivity index (χ0v) is 16.4. The van der Waals surface area contributed by atoms with Crippen LogP contribution < -0.4 is 10.2 Å². The minimum absolute atomic E-state index is 0.0196. The summed E-state index contributed by atoms with van der Waals surface area (Å²) in [7, 11) is 0. The number of benzene rings is 2. The van der Waals surface area contributed by atoms with Crippen LogP contribution >= 0.6 is 11.6 Å². The fourth-order valence-electron chi connectivity index (χ4n) is 4.10. The molecule has 1 fully saturated rings. The van der Waals surface area contributed by atoms with Crippen LogP contribution in [0.25, 0.3) is 0 Å². The van der Waals surface area contributed by atoms with Crippen molar-refractivity contribution in [1.29, 1.82) is 0 Å². The summed E-state index contributed by atoms with van der Waals surface area (Å²) >= 11 is 6.04. The SMILES string of the molecule is O=C(Nc1ccc2c(c1)CCN2C(=O)C1CCCC1)c1ccc([N+](=O)[O-])cc1Cl. The second-order valence-electron chi connectivity index (χ2n) is 7.44. The molecule has 0 atom stereocenters. The number of non-ortho nitro benzene ring substituents is 1. The highest BCUT2D eigenvalue weighted by Crippen LogP contribution is 2.35. The summed E-state index contributed by atoms with van der Waals surface area (Å²) in [5.74, 6) is -0.109. The van der Waals surface area contributed by atoms with Crippen LogP contribution in [-0.4, -0.2) is 23.3 Å². The molecule has 1 saturated carbocycles. The molecule has 0 aromatic heterocycles. The van der Waals surface area contributed by atoms with Crippen molar-refractivity contribution in [2.75, 3.05) is 16.8 Å². The van der Waals surface area contributed by atoms with E-state index in [1.807, 2.05) is 17.0 Å². The van der Waals surface area contributed by atoms with E-state index in [2.05, 4.69) is 5.32 Å². The molecule has 0 unspecified atom stereocenters. The summed E-state index contributed by atoms with van der Waals surface area (Å²) in [5.41, 5.74) is 2.52. The number of nitro benzene ring substituents is 1. The summed E-state index contributed by atoms with van der Waals surface area (Å²) in [5, 5.41) is 13.6. The van der Waals surface area contributed by atoms with Crippen LogP contribution in [0.4, 0.5) is 17.1 Å². The lowest BCUT2D eigenvalue weighted by Gasteiger charge is -2.21. The fraction of sp³-hybridized carbons (Fsp3) is 0.333. The van der Waals surface area contributed by atoms with Gasteiger partial charge in [-0.2, -0.15) is 0 Å². The van der Waals surface area contributed by atoms with Gasteiger partial charge in [0.25, 0.3) is 11.6 Å². The number of anilines is 2. The number of rotatable bonds is 4. The van der Waals surface area contributed by atoms with Crippen LogP contribution in [0.5, 0.6) is 0 Å². The van der Waals surface area contributed by atoms with Gasteiger partial charge in [0, 0.05) is 36.0 Å². The zero-order chi connectivity index (χ0) is 20.5. The van der Waals surface area contributed by atoms with Crippen LogP contribution in [-0.2, 0) is 11.2 Å². The van der Waals surface area contributed by atoms with E-state index in [4.69, 9.17) is 11.6 Å². The Labute approximate surface area is 172 Å². The molecule has 2 amide bonds. The minimum Gasteiger partial charge on any atom is -0.322 e. The third-order valence-corrected chi connectivity index (χ3v) is 5.92. The third kappa shape index (κ3) is 3.82. The maximum absolute atomic E-state index is 12.8. The number of amides is 2. The number of halogens is 1. The van der Waals surface area contributed by atoms with E-state index in [0.29, 0.717) is 12.2 Å². The Bertz CT molecular complexity index is 1000. The first-order valence-corrected chi connectivity index (χ1v) is 10.0. The number of nitrogens with zero attached hydrogens (tertiary/aromatic N) is 2. The maximum Gasteiger partial charge on any atom is 0.270 e. The summed E-state index contributed by atoms with van der Waals surface area (Å²) in [4.78, 5) is 37.4. The summed E-state index contributed by atoms with van der Waals surface area (Å²) in [6.45, 7) is 0.663. The first kappa shape index (κ1) is 19.4. The molecule has 1 aliphatic heterocycles.